The van der Waals surface area contributed by atoms with Crippen LogP contribution in [-0.2, 0) is 15.3 Å². The molecule has 0 radical (unpaired) electrons. The number of amides is 1. The Morgan fingerprint density at radius 2 is 1.88 bits per heavy atom. The summed E-state index contributed by atoms with van der Waals surface area (Å²) in [6, 6.07) is 14.0. The number of pyridine rings is 1. The lowest BCUT2D eigenvalue weighted by Crippen LogP contribution is -2.29. The lowest BCUT2D eigenvalue weighted by molar-refractivity contribution is -0.384. The third-order valence-electron chi connectivity index (χ3n) is 7.03. The number of thioether (sulfide) groups is 1. The molecule has 1 unspecified atom stereocenters. The van der Waals surface area contributed by atoms with Crippen LogP contribution in [0.15, 0.2) is 76.8 Å². The number of nitro groups is 1. The summed E-state index contributed by atoms with van der Waals surface area (Å²) in [4.78, 5) is 43.8. The molecule has 1 aliphatic rings. The number of aryl methyl sites for hydroxylation is 2. The van der Waals surface area contributed by atoms with E-state index in [0.29, 0.717) is 21.4 Å². The molecule has 1 aliphatic heterocycles. The van der Waals surface area contributed by atoms with Crippen molar-refractivity contribution >= 4 is 57.0 Å². The van der Waals surface area contributed by atoms with Crippen LogP contribution in [0, 0.1) is 29.8 Å². The highest BCUT2D eigenvalue weighted by Gasteiger charge is 2.49. The van der Waals surface area contributed by atoms with Crippen molar-refractivity contribution in [2.45, 2.75) is 30.0 Å². The molecule has 1 fully saturated rings. The van der Waals surface area contributed by atoms with Crippen molar-refractivity contribution in [2.24, 2.45) is 0 Å². The smallest absolute Gasteiger partial charge is 0.301 e. The Hall–Kier alpha value is -4.95. The first-order chi connectivity index (χ1) is 20.6. The molecule has 5 aromatic rings. The number of halogens is 1. The number of aromatic nitrogens is 4. The number of aliphatic hydroxyl groups excluding tert-OH is 1. The molecular formula is C29H21FN6O5S2. The minimum Gasteiger partial charge on any atom is -0.505 e. The van der Waals surface area contributed by atoms with Crippen LogP contribution in [0.4, 0.5) is 15.2 Å². The van der Waals surface area contributed by atoms with Gasteiger partial charge in [0.05, 0.1) is 22.2 Å². The van der Waals surface area contributed by atoms with Gasteiger partial charge in [-0.25, -0.2) is 9.37 Å². The SMILES string of the molecule is Cc1cccn2c(C)c(C(O)=C3C(=O)C(=O)N(c4nnc(SCc5ccc(F)cc5)s4)C3c3cccc([N+](=O)[O-])c3)nc12. The highest BCUT2D eigenvalue weighted by atomic mass is 32.2. The number of ketones is 1. The Morgan fingerprint density at radius 3 is 2.60 bits per heavy atom. The molecule has 14 heteroatoms. The number of hydrogen-bond donors (Lipinski definition) is 1. The predicted octanol–water partition coefficient (Wildman–Crippen LogP) is 5.77. The van der Waals surface area contributed by atoms with Crippen LogP contribution in [0.3, 0.4) is 0 Å². The summed E-state index contributed by atoms with van der Waals surface area (Å²) in [6.45, 7) is 3.58. The average molecular weight is 617 g/mol. The first-order valence-electron chi connectivity index (χ1n) is 12.8. The Balaban J connectivity index is 1.46. The summed E-state index contributed by atoms with van der Waals surface area (Å²) in [6.07, 6.45) is 1.77. The molecule has 1 amide bonds. The van der Waals surface area contributed by atoms with E-state index in [9.17, 15) is 29.2 Å². The molecule has 1 saturated heterocycles. The molecule has 1 atom stereocenters. The summed E-state index contributed by atoms with van der Waals surface area (Å²) >= 11 is 2.36. The van der Waals surface area contributed by atoms with Gasteiger partial charge in [-0.15, -0.1) is 10.2 Å². The maximum Gasteiger partial charge on any atom is 0.301 e. The fourth-order valence-electron chi connectivity index (χ4n) is 4.91. The number of imidazole rings is 1. The van der Waals surface area contributed by atoms with Gasteiger partial charge in [0, 0.05) is 24.1 Å². The van der Waals surface area contributed by atoms with Crippen LogP contribution in [-0.4, -0.2) is 41.3 Å². The quantitative estimate of drug-likeness (QED) is 0.0458. The number of nitro benzene ring substituents is 1. The van der Waals surface area contributed by atoms with Crippen LogP contribution in [0.1, 0.15) is 34.1 Å². The van der Waals surface area contributed by atoms with Crippen molar-refractivity contribution < 1.29 is 24.0 Å². The van der Waals surface area contributed by atoms with Crippen LogP contribution in [0.2, 0.25) is 0 Å². The largest absolute Gasteiger partial charge is 0.505 e. The molecule has 0 spiro atoms. The predicted molar refractivity (Wildman–Crippen MR) is 158 cm³/mol. The van der Waals surface area contributed by atoms with Crippen LogP contribution < -0.4 is 4.90 Å². The van der Waals surface area contributed by atoms with E-state index < -0.39 is 28.4 Å². The molecule has 0 aliphatic carbocycles. The zero-order valence-electron chi connectivity index (χ0n) is 22.6. The maximum atomic E-state index is 13.6. The van der Waals surface area contributed by atoms with Gasteiger partial charge in [0.2, 0.25) is 5.13 Å². The molecule has 43 heavy (non-hydrogen) atoms. The number of aliphatic hydroxyl groups is 1. The van der Waals surface area contributed by atoms with Gasteiger partial charge >= 0.3 is 5.91 Å². The first-order valence-corrected chi connectivity index (χ1v) is 14.6. The molecule has 6 rings (SSSR count). The van der Waals surface area contributed by atoms with Crippen molar-refractivity contribution in [3.63, 3.8) is 0 Å². The van der Waals surface area contributed by atoms with E-state index in [1.807, 2.05) is 19.1 Å². The summed E-state index contributed by atoms with van der Waals surface area (Å²) in [5.74, 6) is -2.36. The second-order valence-electron chi connectivity index (χ2n) is 9.72. The van der Waals surface area contributed by atoms with E-state index in [-0.39, 0.29) is 33.5 Å². The highest BCUT2D eigenvalue weighted by molar-refractivity contribution is 8.00. The van der Waals surface area contributed by atoms with Gasteiger partial charge < -0.3 is 9.51 Å². The minimum absolute atomic E-state index is 0.0711. The molecule has 1 N–H and O–H groups in total. The number of non-ortho nitro benzene ring substituents is 1. The Kier molecular flexibility index (Phi) is 7.23. The first kappa shape index (κ1) is 28.2. The normalized spacial score (nSPS) is 16.3. The molecule has 2 aromatic carbocycles. The number of carbonyl (C=O) groups is 2. The number of hydrogen-bond acceptors (Lipinski definition) is 10. The van der Waals surface area contributed by atoms with Crippen molar-refractivity contribution in [2.75, 3.05) is 4.90 Å². The minimum atomic E-state index is -1.24. The van der Waals surface area contributed by atoms with Gasteiger partial charge in [-0.05, 0) is 48.7 Å². The standard InChI is InChI=1S/C29H21FN6O5S2/c1-15-5-4-12-34-16(2)22(31-26(15)34)24(37)21-23(18-6-3-7-20(13-18)36(40)41)35(27(39)25(21)38)28-32-33-29(43-28)42-14-17-8-10-19(30)11-9-17/h3-13,23,37H,14H2,1-2H3. The summed E-state index contributed by atoms with van der Waals surface area (Å²) in [5, 5.41) is 31.6. The van der Waals surface area contributed by atoms with E-state index in [4.69, 9.17) is 0 Å². The van der Waals surface area contributed by atoms with Crippen molar-refractivity contribution in [1.29, 1.82) is 0 Å². The monoisotopic (exact) mass is 616 g/mol. The second kappa shape index (κ2) is 11.0. The molecular weight excluding hydrogens is 595 g/mol. The van der Waals surface area contributed by atoms with Crippen molar-refractivity contribution in [3.8, 4) is 0 Å². The van der Waals surface area contributed by atoms with E-state index in [0.717, 1.165) is 27.4 Å². The molecule has 0 saturated carbocycles. The molecule has 4 heterocycles. The topological polar surface area (TPSA) is 144 Å². The Labute approximate surface area is 251 Å². The maximum absolute atomic E-state index is 13.6. The fraction of sp³-hybridized carbons (Fsp3) is 0.138. The van der Waals surface area contributed by atoms with Crippen LogP contribution in [0.5, 0.6) is 0 Å². The van der Waals surface area contributed by atoms with Crippen LogP contribution >= 0.6 is 23.1 Å². The zero-order valence-corrected chi connectivity index (χ0v) is 24.2. The van der Waals surface area contributed by atoms with E-state index in [1.165, 1.54) is 48.2 Å². The Bertz CT molecular complexity index is 1970. The number of carbonyl (C=O) groups excluding carboxylic acids is 2. The van der Waals surface area contributed by atoms with Gasteiger partial charge in [0.15, 0.2) is 10.1 Å². The number of fused-ring (bicyclic) bond motifs is 1. The fourth-order valence-corrected chi connectivity index (χ4v) is 6.73. The number of rotatable bonds is 7. The van der Waals surface area contributed by atoms with E-state index >= 15 is 0 Å². The van der Waals surface area contributed by atoms with Crippen molar-refractivity contribution in [3.05, 3.63) is 116 Å². The lowest BCUT2D eigenvalue weighted by Gasteiger charge is -2.22. The average Bonchev–Trinajstić information content (AvgIpc) is 3.68. The second-order valence-corrected chi connectivity index (χ2v) is 11.9. The zero-order chi connectivity index (χ0) is 30.4. The van der Waals surface area contributed by atoms with Crippen LogP contribution in [0.25, 0.3) is 11.4 Å². The highest BCUT2D eigenvalue weighted by Crippen LogP contribution is 2.44. The summed E-state index contributed by atoms with van der Waals surface area (Å²) in [5.41, 5.74) is 2.59. The van der Waals surface area contributed by atoms with E-state index in [2.05, 4.69) is 15.2 Å². The molecule has 11 nitrogen and oxygen atoms in total. The number of nitrogens with zero attached hydrogens (tertiary/aromatic N) is 6. The van der Waals surface area contributed by atoms with Gasteiger partial charge in [0.1, 0.15) is 17.2 Å². The number of anilines is 1. The molecule has 0 bridgehead atoms. The third kappa shape index (κ3) is 5.04. The third-order valence-corrected chi connectivity index (χ3v) is 9.15. The summed E-state index contributed by atoms with van der Waals surface area (Å²) < 4.78 is 15.5. The Morgan fingerprint density at radius 1 is 1.12 bits per heavy atom. The molecule has 3 aromatic heterocycles. The van der Waals surface area contributed by atoms with Gasteiger partial charge in [-0.3, -0.25) is 24.6 Å². The van der Waals surface area contributed by atoms with E-state index in [1.54, 1.807) is 29.7 Å². The number of Topliss-reactive ketones (excluding diaryl/α,β-unsaturated/α-hetero) is 1. The van der Waals surface area contributed by atoms with Gasteiger partial charge in [0.25, 0.3) is 11.5 Å². The van der Waals surface area contributed by atoms with Crippen molar-refractivity contribution in [1.82, 2.24) is 19.6 Å². The number of benzene rings is 2. The van der Waals surface area contributed by atoms with Gasteiger partial charge in [-0.1, -0.05) is 53.4 Å². The summed E-state index contributed by atoms with van der Waals surface area (Å²) in [7, 11) is 0. The molecule has 216 valence electrons. The lowest BCUT2D eigenvalue weighted by atomic mass is 9.96. The van der Waals surface area contributed by atoms with Gasteiger partial charge in [-0.2, -0.15) is 0 Å².